The minimum Gasteiger partial charge on any atom is -0.340 e. The Kier molecular flexibility index (Phi) is 3.79. The summed E-state index contributed by atoms with van der Waals surface area (Å²) in [4.78, 5) is 18.7. The van der Waals surface area contributed by atoms with Crippen LogP contribution in [-0.4, -0.2) is 14.9 Å². The molecule has 22 heavy (non-hydrogen) atoms. The van der Waals surface area contributed by atoms with Crippen molar-refractivity contribution in [2.24, 2.45) is 0 Å². The Morgan fingerprint density at radius 1 is 1.05 bits per heavy atom. The van der Waals surface area contributed by atoms with Gasteiger partial charge in [-0.15, -0.1) is 0 Å². The maximum atomic E-state index is 10.9. The lowest BCUT2D eigenvalue weighted by Gasteiger charge is -2.09. The zero-order valence-corrected chi connectivity index (χ0v) is 12.5. The highest BCUT2D eigenvalue weighted by Gasteiger charge is 2.11. The molecule has 0 radical (unpaired) electrons. The molecular formula is C14H8Cl2N4O2. The largest absolute Gasteiger partial charge is 0.340 e. The van der Waals surface area contributed by atoms with E-state index in [0.29, 0.717) is 32.5 Å². The van der Waals surface area contributed by atoms with Crippen LogP contribution in [0, 0.1) is 10.1 Å². The van der Waals surface area contributed by atoms with E-state index in [2.05, 4.69) is 15.3 Å². The Balaban J connectivity index is 2.07. The number of anilines is 2. The van der Waals surface area contributed by atoms with Crippen LogP contribution in [0.15, 0.2) is 42.7 Å². The molecular weight excluding hydrogens is 327 g/mol. The first kappa shape index (κ1) is 14.5. The fourth-order valence-corrected chi connectivity index (χ4v) is 2.27. The number of nitro groups is 1. The summed E-state index contributed by atoms with van der Waals surface area (Å²) in [6, 6.07) is 9.44. The van der Waals surface area contributed by atoms with Crippen molar-refractivity contribution in [3.63, 3.8) is 0 Å². The van der Waals surface area contributed by atoms with E-state index in [1.165, 1.54) is 18.5 Å². The Hall–Kier alpha value is -2.44. The van der Waals surface area contributed by atoms with Gasteiger partial charge in [-0.25, -0.2) is 9.97 Å². The van der Waals surface area contributed by atoms with E-state index >= 15 is 0 Å². The number of aromatic nitrogens is 2. The molecule has 3 rings (SSSR count). The smallest absolute Gasteiger partial charge is 0.270 e. The molecule has 1 aromatic heterocycles. The van der Waals surface area contributed by atoms with Gasteiger partial charge in [-0.05, 0) is 24.3 Å². The van der Waals surface area contributed by atoms with Crippen LogP contribution >= 0.6 is 23.2 Å². The van der Waals surface area contributed by atoms with Gasteiger partial charge in [0, 0.05) is 23.2 Å². The maximum absolute atomic E-state index is 10.9. The molecule has 1 N–H and O–H groups in total. The number of nitrogens with one attached hydrogen (secondary N) is 1. The Morgan fingerprint density at radius 2 is 1.86 bits per heavy atom. The SMILES string of the molecule is O=[N+]([O-])c1ccc2ncnc(Nc3ccc(Cl)c(Cl)c3)c2c1. The third-order valence-corrected chi connectivity index (χ3v) is 3.75. The van der Waals surface area contributed by atoms with Crippen molar-refractivity contribution in [2.45, 2.75) is 0 Å². The maximum Gasteiger partial charge on any atom is 0.270 e. The first-order valence-electron chi connectivity index (χ1n) is 6.16. The lowest BCUT2D eigenvalue weighted by Crippen LogP contribution is -1.97. The van der Waals surface area contributed by atoms with E-state index in [1.54, 1.807) is 24.3 Å². The van der Waals surface area contributed by atoms with Crippen molar-refractivity contribution < 1.29 is 4.92 Å². The quantitative estimate of drug-likeness (QED) is 0.559. The van der Waals surface area contributed by atoms with E-state index in [1.807, 2.05) is 0 Å². The molecule has 6 nitrogen and oxygen atoms in total. The molecule has 0 bridgehead atoms. The van der Waals surface area contributed by atoms with Crippen LogP contribution in [0.1, 0.15) is 0 Å². The third kappa shape index (κ3) is 2.79. The molecule has 0 aliphatic rings. The zero-order valence-electron chi connectivity index (χ0n) is 11.0. The summed E-state index contributed by atoms with van der Waals surface area (Å²) in [5, 5.41) is 15.4. The van der Waals surface area contributed by atoms with Gasteiger partial charge < -0.3 is 5.32 Å². The van der Waals surface area contributed by atoms with Crippen LogP contribution < -0.4 is 5.32 Å². The number of halogens is 2. The van der Waals surface area contributed by atoms with Gasteiger partial charge in [-0.1, -0.05) is 23.2 Å². The Bertz CT molecular complexity index is 886. The standard InChI is InChI=1S/C14H8Cl2N4O2/c15-11-3-1-8(5-12(11)16)19-14-10-6-9(20(21)22)2-4-13(10)17-7-18-14/h1-7H,(H,17,18,19). The summed E-state index contributed by atoms with van der Waals surface area (Å²) in [6.07, 6.45) is 1.38. The molecule has 2 aromatic carbocycles. The van der Waals surface area contributed by atoms with E-state index in [0.717, 1.165) is 0 Å². The summed E-state index contributed by atoms with van der Waals surface area (Å²) in [7, 11) is 0. The summed E-state index contributed by atoms with van der Waals surface area (Å²) in [6.45, 7) is 0. The number of benzene rings is 2. The van der Waals surface area contributed by atoms with Gasteiger partial charge in [0.1, 0.15) is 12.1 Å². The highest BCUT2D eigenvalue weighted by Crippen LogP contribution is 2.29. The predicted molar refractivity (Wildman–Crippen MR) is 85.9 cm³/mol. The normalized spacial score (nSPS) is 10.6. The first-order chi connectivity index (χ1) is 10.5. The van der Waals surface area contributed by atoms with Crippen molar-refractivity contribution in [3.05, 3.63) is 62.9 Å². The van der Waals surface area contributed by atoms with Gasteiger partial charge >= 0.3 is 0 Å². The number of nitro benzene ring substituents is 1. The molecule has 0 atom stereocenters. The van der Waals surface area contributed by atoms with Gasteiger partial charge in [-0.3, -0.25) is 10.1 Å². The average molecular weight is 335 g/mol. The monoisotopic (exact) mass is 334 g/mol. The van der Waals surface area contributed by atoms with E-state index in [-0.39, 0.29) is 5.69 Å². The molecule has 3 aromatic rings. The first-order valence-corrected chi connectivity index (χ1v) is 6.91. The summed E-state index contributed by atoms with van der Waals surface area (Å²) in [5.41, 5.74) is 1.24. The minimum atomic E-state index is -0.463. The molecule has 1 heterocycles. The van der Waals surface area contributed by atoms with E-state index in [9.17, 15) is 10.1 Å². The number of fused-ring (bicyclic) bond motifs is 1. The second kappa shape index (κ2) is 5.75. The molecule has 0 aliphatic carbocycles. The number of nitrogens with zero attached hydrogens (tertiary/aromatic N) is 3. The van der Waals surface area contributed by atoms with Gasteiger partial charge in [-0.2, -0.15) is 0 Å². The van der Waals surface area contributed by atoms with Crippen LogP contribution in [0.2, 0.25) is 10.0 Å². The molecule has 0 saturated carbocycles. The average Bonchev–Trinajstić information content (AvgIpc) is 2.51. The molecule has 0 aliphatic heterocycles. The molecule has 0 fully saturated rings. The zero-order chi connectivity index (χ0) is 15.7. The predicted octanol–water partition coefficient (Wildman–Crippen LogP) is 4.59. The molecule has 0 saturated heterocycles. The van der Waals surface area contributed by atoms with Gasteiger partial charge in [0.05, 0.1) is 20.5 Å². The van der Waals surface area contributed by atoms with E-state index in [4.69, 9.17) is 23.2 Å². The number of hydrogen-bond acceptors (Lipinski definition) is 5. The number of non-ortho nitro benzene ring substituents is 1. The highest BCUT2D eigenvalue weighted by atomic mass is 35.5. The van der Waals surface area contributed by atoms with Crippen LogP contribution in [0.3, 0.4) is 0 Å². The van der Waals surface area contributed by atoms with Crippen LogP contribution in [0.25, 0.3) is 10.9 Å². The molecule has 0 spiro atoms. The van der Waals surface area contributed by atoms with Gasteiger partial charge in [0.15, 0.2) is 0 Å². The fourth-order valence-electron chi connectivity index (χ4n) is 1.97. The van der Waals surface area contributed by atoms with Crippen molar-refractivity contribution in [1.82, 2.24) is 9.97 Å². The summed E-state index contributed by atoms with van der Waals surface area (Å²) >= 11 is 11.8. The lowest BCUT2D eigenvalue weighted by molar-refractivity contribution is -0.384. The van der Waals surface area contributed by atoms with Crippen LogP contribution in [0.4, 0.5) is 17.2 Å². The molecule has 110 valence electrons. The fraction of sp³-hybridized carbons (Fsp3) is 0. The van der Waals surface area contributed by atoms with Crippen molar-refractivity contribution in [2.75, 3.05) is 5.32 Å². The highest BCUT2D eigenvalue weighted by molar-refractivity contribution is 6.42. The number of rotatable bonds is 3. The van der Waals surface area contributed by atoms with Crippen molar-refractivity contribution >= 4 is 51.3 Å². The second-order valence-corrected chi connectivity index (χ2v) is 5.25. The van der Waals surface area contributed by atoms with Crippen LogP contribution in [-0.2, 0) is 0 Å². The molecule has 0 unspecified atom stereocenters. The van der Waals surface area contributed by atoms with E-state index < -0.39 is 4.92 Å². The topological polar surface area (TPSA) is 81.0 Å². The molecule has 0 amide bonds. The minimum absolute atomic E-state index is 0.0283. The number of hydrogen-bond donors (Lipinski definition) is 1. The van der Waals surface area contributed by atoms with Gasteiger partial charge in [0.25, 0.3) is 5.69 Å². The summed E-state index contributed by atoms with van der Waals surface area (Å²) in [5.74, 6) is 0.451. The lowest BCUT2D eigenvalue weighted by atomic mass is 10.2. The third-order valence-electron chi connectivity index (χ3n) is 3.01. The molecule has 8 heteroatoms. The van der Waals surface area contributed by atoms with Crippen molar-refractivity contribution in [1.29, 1.82) is 0 Å². The van der Waals surface area contributed by atoms with Gasteiger partial charge in [0.2, 0.25) is 0 Å². The Labute approximate surface area is 134 Å². The van der Waals surface area contributed by atoms with Crippen LogP contribution in [0.5, 0.6) is 0 Å². The summed E-state index contributed by atoms with van der Waals surface area (Å²) < 4.78 is 0. The second-order valence-electron chi connectivity index (χ2n) is 4.43. The Morgan fingerprint density at radius 3 is 2.59 bits per heavy atom. The van der Waals surface area contributed by atoms with Crippen molar-refractivity contribution in [3.8, 4) is 0 Å².